The summed E-state index contributed by atoms with van der Waals surface area (Å²) in [6.45, 7) is 7.98. The van der Waals surface area contributed by atoms with E-state index in [2.05, 4.69) is 20.7 Å². The van der Waals surface area contributed by atoms with Gasteiger partial charge < -0.3 is 25.1 Å². The number of amides is 2. The summed E-state index contributed by atoms with van der Waals surface area (Å²) in [7, 11) is 0. The summed E-state index contributed by atoms with van der Waals surface area (Å²) in [4.78, 5) is 33.5. The average Bonchev–Trinajstić information content (AvgIpc) is 3.77. The van der Waals surface area contributed by atoms with Gasteiger partial charge in [0, 0.05) is 49.1 Å². The summed E-state index contributed by atoms with van der Waals surface area (Å²) >= 11 is 0. The number of carbonyl (C=O) groups is 2. The van der Waals surface area contributed by atoms with Crippen LogP contribution in [0.1, 0.15) is 74.8 Å². The van der Waals surface area contributed by atoms with Gasteiger partial charge in [-0.2, -0.15) is 5.10 Å². The smallest absolute Gasteiger partial charge is 0.254 e. The monoisotopic (exact) mass is 584 g/mol. The number of carbonyl (C=O) groups excluding carboxylic acids is 2. The maximum atomic E-state index is 13.7. The molecule has 2 amide bonds. The van der Waals surface area contributed by atoms with Crippen molar-refractivity contribution in [3.8, 4) is 0 Å². The van der Waals surface area contributed by atoms with Crippen LogP contribution in [0.3, 0.4) is 0 Å². The van der Waals surface area contributed by atoms with Crippen LogP contribution in [-0.4, -0.2) is 61.8 Å². The van der Waals surface area contributed by atoms with Crippen molar-refractivity contribution in [3.05, 3.63) is 107 Å². The first-order valence-electron chi connectivity index (χ1n) is 14.9. The zero-order chi connectivity index (χ0) is 30.3. The largest absolute Gasteiger partial charge is 0.446 e. The van der Waals surface area contributed by atoms with E-state index >= 15 is 0 Å². The van der Waals surface area contributed by atoms with Crippen LogP contribution in [0.15, 0.2) is 71.6 Å². The molecule has 0 spiro atoms. The molecule has 43 heavy (non-hydrogen) atoms. The molecule has 4 aromatic rings. The number of nitrogens with one attached hydrogen (secondary N) is 2. The molecule has 0 bridgehead atoms. The molecule has 3 atom stereocenters. The van der Waals surface area contributed by atoms with E-state index in [4.69, 9.17) is 4.42 Å². The highest BCUT2D eigenvalue weighted by atomic mass is 16.3. The summed E-state index contributed by atoms with van der Waals surface area (Å²) in [6.07, 6.45) is 6.59. The second-order valence-electron chi connectivity index (χ2n) is 11.2. The fraction of sp³-hybridized carbons (Fsp3) is 0.394. The Labute approximate surface area is 252 Å². The highest BCUT2D eigenvalue weighted by Gasteiger charge is 2.34. The fourth-order valence-electron chi connectivity index (χ4n) is 5.58. The van der Waals surface area contributed by atoms with Gasteiger partial charge >= 0.3 is 0 Å². The van der Waals surface area contributed by atoms with Gasteiger partial charge in [0.2, 0.25) is 5.89 Å². The molecule has 0 unspecified atom stereocenters. The second kappa shape index (κ2) is 13.8. The third kappa shape index (κ3) is 7.57. The van der Waals surface area contributed by atoms with E-state index in [1.165, 1.54) is 0 Å². The van der Waals surface area contributed by atoms with Gasteiger partial charge in [0.05, 0.1) is 24.0 Å². The average molecular weight is 585 g/mol. The fourth-order valence-corrected chi connectivity index (χ4v) is 5.58. The van der Waals surface area contributed by atoms with Crippen LogP contribution in [0, 0.1) is 13.8 Å². The molecule has 3 N–H and O–H groups in total. The molecule has 1 aliphatic rings. The predicted molar refractivity (Wildman–Crippen MR) is 162 cm³/mol. The number of benzene rings is 2. The SMILES string of the molecule is CCn1cc(CNC[C@@H](O)[C@H](Cc2ccccc2)NC(=O)c2cc(C)cc(C(=O)N3CCC[C@@H]3c3nc(C)co3)c2)cn1. The second-order valence-corrected chi connectivity index (χ2v) is 11.2. The quantitative estimate of drug-likeness (QED) is 0.230. The molecule has 0 aliphatic carbocycles. The lowest BCUT2D eigenvalue weighted by atomic mass is 9.99. The molecule has 3 heterocycles. The van der Waals surface area contributed by atoms with Gasteiger partial charge in [0.25, 0.3) is 11.8 Å². The van der Waals surface area contributed by atoms with E-state index in [0.717, 1.165) is 41.8 Å². The van der Waals surface area contributed by atoms with Crippen LogP contribution in [-0.2, 0) is 19.5 Å². The summed E-state index contributed by atoms with van der Waals surface area (Å²) in [5.74, 6) is 0.0373. The Morgan fingerprint density at radius 2 is 1.91 bits per heavy atom. The molecule has 0 saturated carbocycles. The predicted octanol–water partition coefficient (Wildman–Crippen LogP) is 3.98. The Kier molecular flexibility index (Phi) is 9.68. The van der Waals surface area contributed by atoms with Crippen LogP contribution in [0.5, 0.6) is 0 Å². The van der Waals surface area contributed by atoms with Crippen molar-refractivity contribution in [1.29, 1.82) is 0 Å². The van der Waals surface area contributed by atoms with E-state index in [1.807, 2.05) is 62.0 Å². The Balaban J connectivity index is 1.29. The molecule has 1 saturated heterocycles. The van der Waals surface area contributed by atoms with Crippen LogP contribution in [0.4, 0.5) is 0 Å². The number of oxazole rings is 1. The van der Waals surface area contributed by atoms with E-state index in [1.54, 1.807) is 35.6 Å². The van der Waals surface area contributed by atoms with Gasteiger partial charge in [0.15, 0.2) is 0 Å². The van der Waals surface area contributed by atoms with Crippen LogP contribution in [0.25, 0.3) is 0 Å². The molecular formula is C33H40N6O4. The highest BCUT2D eigenvalue weighted by Crippen LogP contribution is 2.33. The zero-order valence-electron chi connectivity index (χ0n) is 25.0. The zero-order valence-corrected chi connectivity index (χ0v) is 25.0. The summed E-state index contributed by atoms with van der Waals surface area (Å²) in [6, 6.07) is 14.2. The van der Waals surface area contributed by atoms with Crippen molar-refractivity contribution >= 4 is 11.8 Å². The number of hydrogen-bond donors (Lipinski definition) is 3. The molecule has 1 aliphatic heterocycles. The summed E-state index contributed by atoms with van der Waals surface area (Å²) in [5.41, 5.74) is 4.41. The Hall–Kier alpha value is -4.28. The van der Waals surface area contributed by atoms with Gasteiger partial charge in [-0.1, -0.05) is 30.3 Å². The number of rotatable bonds is 12. The lowest BCUT2D eigenvalue weighted by Crippen LogP contribution is -2.48. The number of hydrogen-bond acceptors (Lipinski definition) is 7. The van der Waals surface area contributed by atoms with E-state index < -0.39 is 12.1 Å². The Morgan fingerprint density at radius 1 is 1.12 bits per heavy atom. The molecular weight excluding hydrogens is 544 g/mol. The number of aliphatic hydroxyl groups excluding tert-OH is 1. The molecule has 2 aromatic carbocycles. The molecule has 2 aromatic heterocycles. The minimum atomic E-state index is -0.856. The lowest BCUT2D eigenvalue weighted by Gasteiger charge is -2.25. The molecule has 0 radical (unpaired) electrons. The Bertz CT molecular complexity index is 1530. The first-order valence-corrected chi connectivity index (χ1v) is 14.9. The molecule has 10 nitrogen and oxygen atoms in total. The standard InChI is InChI=1S/C33H40N6O4/c1-4-38-20-25(18-35-38)17-34-19-30(40)28(15-24-9-6-5-7-10-24)37-31(41)26-13-22(2)14-27(16-26)33(42)39-12-8-11-29(39)32-36-23(3)21-43-32/h5-7,9-10,13-14,16,18,20-21,28-30,34,40H,4,8,11-12,15,17,19H2,1-3H3,(H,37,41)/t28-,29+,30+/m0/s1. The van der Waals surface area contributed by atoms with E-state index in [0.29, 0.717) is 36.5 Å². The summed E-state index contributed by atoms with van der Waals surface area (Å²) in [5, 5.41) is 21.8. The molecule has 5 rings (SSSR count). The van der Waals surface area contributed by atoms with Crippen molar-refractivity contribution in [1.82, 2.24) is 30.3 Å². The van der Waals surface area contributed by atoms with E-state index in [-0.39, 0.29) is 24.4 Å². The maximum absolute atomic E-state index is 13.7. The van der Waals surface area contributed by atoms with Gasteiger partial charge in [-0.15, -0.1) is 0 Å². The number of nitrogens with zero attached hydrogens (tertiary/aromatic N) is 4. The lowest BCUT2D eigenvalue weighted by molar-refractivity contribution is 0.0715. The summed E-state index contributed by atoms with van der Waals surface area (Å²) < 4.78 is 7.47. The van der Waals surface area contributed by atoms with Crippen LogP contribution >= 0.6 is 0 Å². The van der Waals surface area contributed by atoms with Crippen LogP contribution < -0.4 is 10.6 Å². The normalized spacial score (nSPS) is 16.3. The van der Waals surface area contributed by atoms with Crippen molar-refractivity contribution in [2.75, 3.05) is 13.1 Å². The number of aryl methyl sites for hydroxylation is 3. The third-order valence-electron chi connectivity index (χ3n) is 7.79. The van der Waals surface area contributed by atoms with Gasteiger partial charge in [0.1, 0.15) is 12.3 Å². The molecule has 1 fully saturated rings. The topological polar surface area (TPSA) is 126 Å². The van der Waals surface area contributed by atoms with Crippen LogP contribution in [0.2, 0.25) is 0 Å². The number of likely N-dealkylation sites (tertiary alicyclic amines) is 1. The Morgan fingerprint density at radius 3 is 2.63 bits per heavy atom. The highest BCUT2D eigenvalue weighted by molar-refractivity contribution is 6.00. The van der Waals surface area contributed by atoms with Crippen molar-refractivity contribution in [3.63, 3.8) is 0 Å². The molecule has 10 heteroatoms. The minimum Gasteiger partial charge on any atom is -0.446 e. The first-order chi connectivity index (χ1) is 20.8. The van der Waals surface area contributed by atoms with Gasteiger partial charge in [-0.25, -0.2) is 4.98 Å². The van der Waals surface area contributed by atoms with Crippen molar-refractivity contribution in [2.45, 2.75) is 71.3 Å². The number of aromatic nitrogens is 3. The van der Waals surface area contributed by atoms with Gasteiger partial charge in [-0.05, 0) is 69.4 Å². The molecule has 226 valence electrons. The maximum Gasteiger partial charge on any atom is 0.254 e. The third-order valence-corrected chi connectivity index (χ3v) is 7.79. The van der Waals surface area contributed by atoms with Crippen molar-refractivity contribution in [2.24, 2.45) is 0 Å². The minimum absolute atomic E-state index is 0.160. The van der Waals surface area contributed by atoms with Gasteiger partial charge in [-0.3, -0.25) is 14.3 Å². The van der Waals surface area contributed by atoms with E-state index in [9.17, 15) is 14.7 Å². The van der Waals surface area contributed by atoms with Crippen molar-refractivity contribution < 1.29 is 19.1 Å². The number of aliphatic hydroxyl groups is 1. The first kappa shape index (κ1) is 30.2.